The molecular formula is C40H31N3. The first-order valence-electron chi connectivity index (χ1n) is 14.8. The van der Waals surface area contributed by atoms with Crippen LogP contribution in [0, 0.1) is 0 Å². The zero-order valence-electron chi connectivity index (χ0n) is 24.5. The van der Waals surface area contributed by atoms with Crippen molar-refractivity contribution in [1.82, 2.24) is 14.5 Å². The van der Waals surface area contributed by atoms with E-state index in [0.29, 0.717) is 0 Å². The molecule has 2 heterocycles. The van der Waals surface area contributed by atoms with Gasteiger partial charge in [-0.25, -0.2) is 4.98 Å². The van der Waals surface area contributed by atoms with Gasteiger partial charge in [-0.3, -0.25) is 9.55 Å². The monoisotopic (exact) mass is 553 g/mol. The lowest BCUT2D eigenvalue weighted by Crippen LogP contribution is -2.18. The third-order valence-electron chi connectivity index (χ3n) is 8.49. The molecule has 0 unspecified atom stereocenters. The standard InChI is InChI=1S/C40H31N3/c1-40(2,3)39-42-35-25-41-22-21-36(35)43(39)30-20-19-27-23-29(18-17-28(27)24-30)38-33-15-9-7-13-31(33)37(26-11-5-4-6-12-26)32-14-8-10-16-34(32)38/h4-25H,1-3H3. The molecule has 0 atom stereocenters. The van der Waals surface area contributed by atoms with Gasteiger partial charge >= 0.3 is 0 Å². The average Bonchev–Trinajstić information content (AvgIpc) is 3.44. The third-order valence-corrected chi connectivity index (χ3v) is 8.49. The number of pyridine rings is 1. The summed E-state index contributed by atoms with van der Waals surface area (Å²) >= 11 is 0. The van der Waals surface area contributed by atoms with Crippen LogP contribution in [0.25, 0.3) is 71.3 Å². The van der Waals surface area contributed by atoms with Gasteiger partial charge < -0.3 is 0 Å². The summed E-state index contributed by atoms with van der Waals surface area (Å²) in [6.45, 7) is 6.63. The minimum atomic E-state index is -0.119. The second-order valence-electron chi connectivity index (χ2n) is 12.3. The van der Waals surface area contributed by atoms with Crippen molar-refractivity contribution in [3.63, 3.8) is 0 Å². The first kappa shape index (κ1) is 25.4. The van der Waals surface area contributed by atoms with Crippen LogP contribution in [0.1, 0.15) is 26.6 Å². The van der Waals surface area contributed by atoms with Crippen LogP contribution in [0.5, 0.6) is 0 Å². The quantitative estimate of drug-likeness (QED) is 0.204. The average molecular weight is 554 g/mol. The van der Waals surface area contributed by atoms with E-state index in [1.807, 2.05) is 12.4 Å². The van der Waals surface area contributed by atoms with Crippen molar-refractivity contribution in [3.8, 4) is 27.9 Å². The Kier molecular flexibility index (Phi) is 5.70. The lowest BCUT2D eigenvalue weighted by atomic mass is 9.85. The van der Waals surface area contributed by atoms with Crippen molar-refractivity contribution >= 4 is 43.4 Å². The molecule has 0 N–H and O–H groups in total. The summed E-state index contributed by atoms with van der Waals surface area (Å²) in [5.74, 6) is 1.03. The summed E-state index contributed by atoms with van der Waals surface area (Å²) in [7, 11) is 0. The predicted molar refractivity (Wildman–Crippen MR) is 181 cm³/mol. The number of fused-ring (bicyclic) bond motifs is 4. The fourth-order valence-electron chi connectivity index (χ4n) is 6.58. The summed E-state index contributed by atoms with van der Waals surface area (Å²) in [4.78, 5) is 9.30. The first-order chi connectivity index (χ1) is 21.0. The highest BCUT2D eigenvalue weighted by Gasteiger charge is 2.24. The van der Waals surface area contributed by atoms with E-state index in [2.05, 4.69) is 152 Å². The summed E-state index contributed by atoms with van der Waals surface area (Å²) in [5.41, 5.74) is 8.02. The fourth-order valence-corrected chi connectivity index (χ4v) is 6.58. The van der Waals surface area contributed by atoms with Crippen molar-refractivity contribution in [1.29, 1.82) is 0 Å². The van der Waals surface area contributed by atoms with Gasteiger partial charge in [-0.1, -0.05) is 118 Å². The molecule has 0 saturated heterocycles. The summed E-state index contributed by atoms with van der Waals surface area (Å²) < 4.78 is 2.29. The van der Waals surface area contributed by atoms with Crippen LogP contribution >= 0.6 is 0 Å². The van der Waals surface area contributed by atoms with E-state index in [4.69, 9.17) is 4.98 Å². The van der Waals surface area contributed by atoms with Crippen molar-refractivity contribution < 1.29 is 0 Å². The number of benzene rings is 6. The number of imidazole rings is 1. The molecule has 0 fully saturated rings. The smallest absolute Gasteiger partial charge is 0.119 e. The van der Waals surface area contributed by atoms with Crippen molar-refractivity contribution in [2.45, 2.75) is 26.2 Å². The van der Waals surface area contributed by atoms with Gasteiger partial charge in [0.25, 0.3) is 0 Å². The van der Waals surface area contributed by atoms with E-state index >= 15 is 0 Å². The maximum atomic E-state index is 4.98. The molecule has 0 aliphatic carbocycles. The minimum absolute atomic E-state index is 0.119. The van der Waals surface area contributed by atoms with E-state index in [1.165, 1.54) is 54.6 Å². The molecule has 8 rings (SSSR count). The predicted octanol–water partition coefficient (Wildman–Crippen LogP) is 10.5. The van der Waals surface area contributed by atoms with E-state index in [0.717, 1.165) is 22.5 Å². The van der Waals surface area contributed by atoms with E-state index in [9.17, 15) is 0 Å². The molecule has 0 saturated carbocycles. The normalized spacial score (nSPS) is 12.1. The largest absolute Gasteiger partial charge is 0.296 e. The Labute approximate surface area is 251 Å². The number of nitrogens with zero attached hydrogens (tertiary/aromatic N) is 3. The van der Waals surface area contributed by atoms with Gasteiger partial charge in [0.1, 0.15) is 11.3 Å². The Morgan fingerprint density at radius 1 is 0.558 bits per heavy atom. The molecule has 0 aliphatic rings. The molecular weight excluding hydrogens is 522 g/mol. The molecule has 0 amide bonds. The molecule has 2 aromatic heterocycles. The molecule has 206 valence electrons. The zero-order chi connectivity index (χ0) is 29.1. The maximum Gasteiger partial charge on any atom is 0.119 e. The Morgan fingerprint density at radius 3 is 1.79 bits per heavy atom. The van der Waals surface area contributed by atoms with Crippen molar-refractivity contribution in [3.05, 3.63) is 140 Å². The number of rotatable bonds is 3. The highest BCUT2D eigenvalue weighted by atomic mass is 15.1. The lowest BCUT2D eigenvalue weighted by Gasteiger charge is -2.21. The second kappa shape index (κ2) is 9.64. The molecule has 43 heavy (non-hydrogen) atoms. The van der Waals surface area contributed by atoms with Crippen LogP contribution in [-0.4, -0.2) is 14.5 Å². The van der Waals surface area contributed by atoms with Gasteiger partial charge in [0.05, 0.1) is 11.7 Å². The van der Waals surface area contributed by atoms with Gasteiger partial charge in [-0.15, -0.1) is 0 Å². The Balaban J connectivity index is 1.34. The van der Waals surface area contributed by atoms with Crippen molar-refractivity contribution in [2.24, 2.45) is 0 Å². The van der Waals surface area contributed by atoms with Gasteiger partial charge in [-0.05, 0) is 78.8 Å². The van der Waals surface area contributed by atoms with Gasteiger partial charge in [-0.2, -0.15) is 0 Å². The fraction of sp³-hybridized carbons (Fsp3) is 0.100. The van der Waals surface area contributed by atoms with Crippen LogP contribution in [0.15, 0.2) is 134 Å². The van der Waals surface area contributed by atoms with E-state index < -0.39 is 0 Å². The molecule has 8 aromatic rings. The molecule has 3 nitrogen and oxygen atoms in total. The second-order valence-corrected chi connectivity index (χ2v) is 12.3. The lowest BCUT2D eigenvalue weighted by molar-refractivity contribution is 0.539. The SMILES string of the molecule is CC(C)(C)c1nc2cnccc2n1-c1ccc2cc(-c3c4ccccc4c(-c4ccccc4)c4ccccc34)ccc2c1. The topological polar surface area (TPSA) is 30.7 Å². The zero-order valence-corrected chi connectivity index (χ0v) is 24.5. The van der Waals surface area contributed by atoms with Crippen molar-refractivity contribution in [2.75, 3.05) is 0 Å². The van der Waals surface area contributed by atoms with Crippen LogP contribution in [-0.2, 0) is 5.41 Å². The Morgan fingerprint density at radius 2 is 1.14 bits per heavy atom. The van der Waals surface area contributed by atoms with E-state index in [-0.39, 0.29) is 5.41 Å². The number of aromatic nitrogens is 3. The van der Waals surface area contributed by atoms with Crippen LogP contribution in [0.3, 0.4) is 0 Å². The highest BCUT2D eigenvalue weighted by molar-refractivity contribution is 6.21. The molecule has 0 bridgehead atoms. The molecule has 0 radical (unpaired) electrons. The minimum Gasteiger partial charge on any atom is -0.296 e. The Bertz CT molecular complexity index is 2260. The van der Waals surface area contributed by atoms with Crippen LogP contribution in [0.4, 0.5) is 0 Å². The number of hydrogen-bond acceptors (Lipinski definition) is 2. The molecule has 6 aromatic carbocycles. The molecule has 0 spiro atoms. The van der Waals surface area contributed by atoms with Gasteiger partial charge in [0, 0.05) is 17.3 Å². The van der Waals surface area contributed by atoms with Gasteiger partial charge in [0.2, 0.25) is 0 Å². The molecule has 0 aliphatic heterocycles. The first-order valence-corrected chi connectivity index (χ1v) is 14.8. The Hall–Kier alpha value is -5.28. The van der Waals surface area contributed by atoms with Crippen LogP contribution in [0.2, 0.25) is 0 Å². The summed E-state index contributed by atoms with van der Waals surface area (Å²) in [5, 5.41) is 7.49. The van der Waals surface area contributed by atoms with Crippen LogP contribution < -0.4 is 0 Å². The van der Waals surface area contributed by atoms with Gasteiger partial charge in [0.15, 0.2) is 0 Å². The number of hydrogen-bond donors (Lipinski definition) is 0. The van der Waals surface area contributed by atoms with E-state index in [1.54, 1.807) is 0 Å². The third kappa shape index (κ3) is 4.11. The maximum absolute atomic E-state index is 4.98. The summed E-state index contributed by atoms with van der Waals surface area (Å²) in [6.07, 6.45) is 3.70. The summed E-state index contributed by atoms with van der Waals surface area (Å²) in [6, 6.07) is 44.1. The highest BCUT2D eigenvalue weighted by Crippen LogP contribution is 2.44. The molecule has 3 heteroatoms.